The molecule has 0 saturated heterocycles. The third-order valence-corrected chi connectivity index (χ3v) is 4.31. The quantitative estimate of drug-likeness (QED) is 0.453. The molecule has 1 rings (SSSR count). The monoisotopic (exact) mass is 433 g/mol. The Balaban J connectivity index is 3.35. The van der Waals surface area contributed by atoms with E-state index >= 15 is 0 Å². The largest absolute Gasteiger partial charge is 0.192 e. The SMILES string of the molecule is N#Cc1cc(Br)c(I)cc1I. The maximum atomic E-state index is 8.66. The minimum absolute atomic E-state index is 0.720. The first-order chi connectivity index (χ1) is 5.15. The maximum absolute atomic E-state index is 8.66. The molecule has 0 bridgehead atoms. The lowest BCUT2D eigenvalue weighted by atomic mass is 10.2. The lowest BCUT2D eigenvalue weighted by Crippen LogP contribution is -1.84. The summed E-state index contributed by atoms with van der Waals surface area (Å²) in [7, 11) is 0. The first-order valence-electron chi connectivity index (χ1n) is 2.70. The van der Waals surface area contributed by atoms with Crippen molar-refractivity contribution < 1.29 is 0 Å². The van der Waals surface area contributed by atoms with Crippen molar-refractivity contribution in [3.63, 3.8) is 0 Å². The minimum Gasteiger partial charge on any atom is -0.192 e. The summed E-state index contributed by atoms with van der Waals surface area (Å²) in [6.45, 7) is 0. The zero-order valence-corrected chi connectivity index (χ0v) is 11.1. The van der Waals surface area contributed by atoms with Crippen molar-refractivity contribution in [3.05, 3.63) is 29.3 Å². The number of benzene rings is 1. The molecule has 0 heterocycles. The molecule has 4 heteroatoms. The van der Waals surface area contributed by atoms with Crippen LogP contribution in [0.5, 0.6) is 0 Å². The van der Waals surface area contributed by atoms with Crippen LogP contribution in [-0.4, -0.2) is 0 Å². The van der Waals surface area contributed by atoms with Gasteiger partial charge in [-0.1, -0.05) is 0 Å². The van der Waals surface area contributed by atoms with Gasteiger partial charge in [-0.2, -0.15) is 5.26 Å². The van der Waals surface area contributed by atoms with Crippen molar-refractivity contribution in [1.29, 1.82) is 5.26 Å². The van der Waals surface area contributed by atoms with Crippen LogP contribution >= 0.6 is 61.1 Å². The molecular formula is C7H2BrI2N. The summed E-state index contributed by atoms with van der Waals surface area (Å²) in [5.74, 6) is 0. The van der Waals surface area contributed by atoms with Crippen molar-refractivity contribution in [1.82, 2.24) is 0 Å². The van der Waals surface area contributed by atoms with E-state index in [0.717, 1.165) is 17.2 Å². The van der Waals surface area contributed by atoms with E-state index < -0.39 is 0 Å². The number of halogens is 3. The predicted molar refractivity (Wildman–Crippen MR) is 64.3 cm³/mol. The van der Waals surface area contributed by atoms with Gasteiger partial charge in [-0.25, -0.2) is 0 Å². The summed E-state index contributed by atoms with van der Waals surface area (Å²) in [5.41, 5.74) is 0.720. The average molecular weight is 434 g/mol. The lowest BCUT2D eigenvalue weighted by molar-refractivity contribution is 1.43. The fourth-order valence-corrected chi connectivity index (χ4v) is 2.60. The van der Waals surface area contributed by atoms with Gasteiger partial charge in [0.1, 0.15) is 6.07 Å². The van der Waals surface area contributed by atoms with E-state index in [1.807, 2.05) is 12.1 Å². The number of hydrogen-bond acceptors (Lipinski definition) is 1. The number of nitriles is 1. The second-order valence-corrected chi connectivity index (χ2v) is 5.04. The molecule has 0 N–H and O–H groups in total. The lowest BCUT2D eigenvalue weighted by Gasteiger charge is -1.98. The van der Waals surface area contributed by atoms with Crippen LogP contribution < -0.4 is 0 Å². The van der Waals surface area contributed by atoms with Gasteiger partial charge < -0.3 is 0 Å². The van der Waals surface area contributed by atoms with E-state index in [-0.39, 0.29) is 0 Å². The predicted octanol–water partition coefficient (Wildman–Crippen LogP) is 3.53. The Morgan fingerprint density at radius 1 is 1.27 bits per heavy atom. The second-order valence-electron chi connectivity index (χ2n) is 1.86. The second kappa shape index (κ2) is 4.05. The Morgan fingerprint density at radius 2 is 1.91 bits per heavy atom. The van der Waals surface area contributed by atoms with Gasteiger partial charge in [0.25, 0.3) is 0 Å². The van der Waals surface area contributed by atoms with Crippen molar-refractivity contribution in [2.24, 2.45) is 0 Å². The van der Waals surface area contributed by atoms with E-state index in [1.165, 1.54) is 0 Å². The summed E-state index contributed by atoms with van der Waals surface area (Å²) in [4.78, 5) is 0. The van der Waals surface area contributed by atoms with Gasteiger partial charge in [0.2, 0.25) is 0 Å². The summed E-state index contributed by atoms with van der Waals surface area (Å²) in [6.07, 6.45) is 0. The van der Waals surface area contributed by atoms with Gasteiger partial charge in [-0.05, 0) is 73.2 Å². The third-order valence-electron chi connectivity index (χ3n) is 1.13. The molecule has 56 valence electrons. The molecule has 0 aliphatic carbocycles. The highest BCUT2D eigenvalue weighted by atomic mass is 127. The standard InChI is InChI=1S/C7H2BrI2N/c8-5-1-4(3-11)6(9)2-7(5)10/h1-2H. The fourth-order valence-electron chi connectivity index (χ4n) is 0.608. The summed E-state index contributed by atoms with van der Waals surface area (Å²) in [6, 6.07) is 5.94. The van der Waals surface area contributed by atoms with E-state index in [1.54, 1.807) is 0 Å². The van der Waals surface area contributed by atoms with Crippen LogP contribution in [0.3, 0.4) is 0 Å². The van der Waals surface area contributed by atoms with Gasteiger partial charge in [-0.15, -0.1) is 0 Å². The zero-order valence-electron chi connectivity index (χ0n) is 5.24. The number of rotatable bonds is 0. The van der Waals surface area contributed by atoms with E-state index in [4.69, 9.17) is 5.26 Å². The van der Waals surface area contributed by atoms with Crippen molar-refractivity contribution in [2.45, 2.75) is 0 Å². The molecular weight excluding hydrogens is 432 g/mol. The van der Waals surface area contributed by atoms with Crippen LogP contribution in [0.25, 0.3) is 0 Å². The van der Waals surface area contributed by atoms with Crippen molar-refractivity contribution in [2.75, 3.05) is 0 Å². The zero-order chi connectivity index (χ0) is 8.43. The smallest absolute Gasteiger partial charge is 0.100 e. The fraction of sp³-hybridized carbons (Fsp3) is 0. The van der Waals surface area contributed by atoms with Crippen LogP contribution in [0.1, 0.15) is 5.56 Å². The van der Waals surface area contributed by atoms with E-state index in [2.05, 4.69) is 67.2 Å². The maximum Gasteiger partial charge on any atom is 0.100 e. The van der Waals surface area contributed by atoms with Crippen molar-refractivity contribution >= 4 is 61.1 Å². The van der Waals surface area contributed by atoms with Crippen LogP contribution in [-0.2, 0) is 0 Å². The molecule has 0 radical (unpaired) electrons. The van der Waals surface area contributed by atoms with E-state index in [0.29, 0.717) is 0 Å². The van der Waals surface area contributed by atoms with Crippen LogP contribution in [0.4, 0.5) is 0 Å². The molecule has 0 fully saturated rings. The number of hydrogen-bond donors (Lipinski definition) is 0. The van der Waals surface area contributed by atoms with Crippen molar-refractivity contribution in [3.8, 4) is 6.07 Å². The van der Waals surface area contributed by atoms with Gasteiger partial charge in [0, 0.05) is 11.6 Å². The molecule has 0 amide bonds. The molecule has 0 saturated carbocycles. The first-order valence-corrected chi connectivity index (χ1v) is 5.65. The number of nitrogens with zero attached hydrogens (tertiary/aromatic N) is 1. The molecule has 11 heavy (non-hydrogen) atoms. The highest BCUT2D eigenvalue weighted by Crippen LogP contribution is 2.24. The van der Waals surface area contributed by atoms with Gasteiger partial charge in [-0.3, -0.25) is 0 Å². The normalized spacial score (nSPS) is 9.27. The van der Waals surface area contributed by atoms with Gasteiger partial charge >= 0.3 is 0 Å². The van der Waals surface area contributed by atoms with Crippen LogP contribution in [0.2, 0.25) is 0 Å². The summed E-state index contributed by atoms with van der Waals surface area (Å²) in [5, 5.41) is 8.66. The molecule has 0 aliphatic heterocycles. The molecule has 0 atom stereocenters. The van der Waals surface area contributed by atoms with Gasteiger partial charge in [0.05, 0.1) is 5.56 Å². The Labute approximate surface area is 101 Å². The molecule has 0 aromatic heterocycles. The summed E-state index contributed by atoms with van der Waals surface area (Å²) >= 11 is 7.74. The topological polar surface area (TPSA) is 23.8 Å². The first kappa shape index (κ1) is 9.74. The Morgan fingerprint density at radius 3 is 2.45 bits per heavy atom. The van der Waals surface area contributed by atoms with Crippen LogP contribution in [0.15, 0.2) is 16.6 Å². The molecule has 1 nitrogen and oxygen atoms in total. The molecule has 0 spiro atoms. The third kappa shape index (κ3) is 2.29. The van der Waals surface area contributed by atoms with E-state index in [9.17, 15) is 0 Å². The molecule has 0 unspecified atom stereocenters. The Bertz CT molecular complexity index is 330. The Kier molecular flexibility index (Phi) is 3.58. The average Bonchev–Trinajstić information content (AvgIpc) is 1.97. The molecule has 1 aromatic carbocycles. The molecule has 0 aliphatic rings. The highest BCUT2D eigenvalue weighted by molar-refractivity contribution is 14.1. The van der Waals surface area contributed by atoms with Gasteiger partial charge in [0.15, 0.2) is 0 Å². The highest BCUT2D eigenvalue weighted by Gasteiger charge is 2.02. The molecule has 1 aromatic rings. The minimum atomic E-state index is 0.720. The summed E-state index contributed by atoms with van der Waals surface area (Å²) < 4.78 is 3.11. The van der Waals surface area contributed by atoms with Crippen LogP contribution in [0, 0.1) is 18.5 Å². The Hall–Kier alpha value is 0.650.